The van der Waals surface area contributed by atoms with Crippen molar-refractivity contribution < 1.29 is 34.4 Å². The average Bonchev–Trinajstić information content (AvgIpc) is 2.94. The lowest BCUT2D eigenvalue weighted by Gasteiger charge is -2.33. The van der Waals surface area contributed by atoms with E-state index >= 15 is 0 Å². The fraction of sp³-hybridized carbons (Fsp3) is 0.333. The zero-order valence-corrected chi connectivity index (χ0v) is 23.0. The van der Waals surface area contributed by atoms with Crippen LogP contribution in [0.4, 0.5) is 0 Å². The molecule has 0 aliphatic heterocycles. The Labute approximate surface area is 238 Å². The van der Waals surface area contributed by atoms with Gasteiger partial charge in [-0.1, -0.05) is 48.0 Å². The van der Waals surface area contributed by atoms with Crippen molar-refractivity contribution in [3.8, 4) is 11.5 Å². The molecule has 0 saturated carbocycles. The molecule has 3 aromatic rings. The molecular weight excluding hydrogens is 536 g/mol. The maximum atomic E-state index is 11.0. The van der Waals surface area contributed by atoms with Gasteiger partial charge in [0.1, 0.15) is 24.2 Å². The Morgan fingerprint density at radius 1 is 0.975 bits per heavy atom. The fourth-order valence-corrected chi connectivity index (χ4v) is 4.39. The van der Waals surface area contributed by atoms with E-state index in [1.165, 1.54) is 0 Å². The Morgan fingerprint density at radius 2 is 1.62 bits per heavy atom. The summed E-state index contributed by atoms with van der Waals surface area (Å²) in [5, 5.41) is 33.8. The number of halogens is 1. The number of nitrogens with one attached hydrogen (secondary N) is 1. The molecule has 0 spiro atoms. The number of hydrogen-bond acceptors (Lipinski definition) is 7. The third kappa shape index (κ3) is 10.5. The van der Waals surface area contributed by atoms with Gasteiger partial charge < -0.3 is 30.1 Å². The van der Waals surface area contributed by atoms with Gasteiger partial charge in [-0.15, -0.1) is 0 Å². The SMILES string of the molecule is CC(Cc1ccc(OCC(=O)O)cc1)N(CC(O)COc1ccc(CNC=O)cc1)CC(O)c1cccc(Cl)c1. The molecule has 10 heteroatoms. The van der Waals surface area contributed by atoms with Crippen molar-refractivity contribution in [2.24, 2.45) is 0 Å². The summed E-state index contributed by atoms with van der Waals surface area (Å²) in [5.74, 6) is 0.0170. The quantitative estimate of drug-likeness (QED) is 0.182. The predicted molar refractivity (Wildman–Crippen MR) is 152 cm³/mol. The number of aliphatic carboxylic acids is 1. The molecule has 3 aromatic carbocycles. The van der Waals surface area contributed by atoms with E-state index in [9.17, 15) is 19.8 Å². The molecule has 3 rings (SSSR count). The van der Waals surface area contributed by atoms with Gasteiger partial charge in [-0.05, 0) is 66.4 Å². The lowest BCUT2D eigenvalue weighted by molar-refractivity contribution is -0.139. The van der Waals surface area contributed by atoms with Gasteiger partial charge in [-0.25, -0.2) is 4.79 Å². The number of hydrogen-bond donors (Lipinski definition) is 4. The minimum atomic E-state index is -1.04. The Morgan fingerprint density at radius 3 is 2.25 bits per heavy atom. The zero-order valence-electron chi connectivity index (χ0n) is 22.3. The van der Waals surface area contributed by atoms with E-state index in [-0.39, 0.29) is 25.7 Å². The van der Waals surface area contributed by atoms with Crippen molar-refractivity contribution in [1.82, 2.24) is 10.2 Å². The molecule has 0 saturated heterocycles. The number of aliphatic hydroxyl groups excluding tert-OH is 2. The molecule has 1 amide bonds. The summed E-state index contributed by atoms with van der Waals surface area (Å²) in [4.78, 5) is 23.2. The van der Waals surface area contributed by atoms with Crippen LogP contribution in [0.5, 0.6) is 11.5 Å². The van der Waals surface area contributed by atoms with Crippen LogP contribution in [0.2, 0.25) is 5.02 Å². The summed E-state index contributed by atoms with van der Waals surface area (Å²) in [5.41, 5.74) is 2.60. The highest BCUT2D eigenvalue weighted by Crippen LogP contribution is 2.22. The predicted octanol–water partition coefficient (Wildman–Crippen LogP) is 3.46. The molecule has 40 heavy (non-hydrogen) atoms. The summed E-state index contributed by atoms with van der Waals surface area (Å²) < 4.78 is 11.0. The second-order valence-electron chi connectivity index (χ2n) is 9.51. The first-order valence-electron chi connectivity index (χ1n) is 12.9. The number of ether oxygens (including phenoxy) is 2. The lowest BCUT2D eigenvalue weighted by Crippen LogP contribution is -2.44. The minimum Gasteiger partial charge on any atom is -0.491 e. The first kappa shape index (κ1) is 30.9. The molecule has 0 aliphatic rings. The highest BCUT2D eigenvalue weighted by atomic mass is 35.5. The van der Waals surface area contributed by atoms with Crippen LogP contribution in [-0.2, 0) is 22.6 Å². The molecular formula is C30H35ClN2O7. The molecule has 3 unspecified atom stereocenters. The second-order valence-corrected chi connectivity index (χ2v) is 9.95. The first-order valence-corrected chi connectivity index (χ1v) is 13.3. The van der Waals surface area contributed by atoms with Gasteiger partial charge >= 0.3 is 5.97 Å². The minimum absolute atomic E-state index is 0.0536. The van der Waals surface area contributed by atoms with Gasteiger partial charge in [-0.2, -0.15) is 0 Å². The highest BCUT2D eigenvalue weighted by molar-refractivity contribution is 6.30. The van der Waals surface area contributed by atoms with Crippen LogP contribution in [0.3, 0.4) is 0 Å². The van der Waals surface area contributed by atoms with Crippen molar-refractivity contribution in [2.75, 3.05) is 26.3 Å². The fourth-order valence-electron chi connectivity index (χ4n) is 4.19. The summed E-state index contributed by atoms with van der Waals surface area (Å²) >= 11 is 6.12. The van der Waals surface area contributed by atoms with Gasteiger partial charge in [0.05, 0.1) is 6.10 Å². The number of amides is 1. The van der Waals surface area contributed by atoms with E-state index in [1.807, 2.05) is 42.2 Å². The average molecular weight is 571 g/mol. The molecule has 0 bridgehead atoms. The molecule has 214 valence electrons. The molecule has 9 nitrogen and oxygen atoms in total. The van der Waals surface area contributed by atoms with Crippen molar-refractivity contribution in [3.05, 3.63) is 94.5 Å². The van der Waals surface area contributed by atoms with Crippen LogP contribution in [-0.4, -0.2) is 71.0 Å². The number of aliphatic hydroxyl groups is 2. The maximum absolute atomic E-state index is 11.0. The number of nitrogens with zero attached hydrogens (tertiary/aromatic N) is 1. The van der Waals surface area contributed by atoms with Gasteiger partial charge in [0.25, 0.3) is 0 Å². The number of rotatable bonds is 17. The zero-order chi connectivity index (χ0) is 28.9. The molecule has 0 aromatic heterocycles. The molecule has 0 heterocycles. The van der Waals surface area contributed by atoms with E-state index in [1.54, 1.807) is 42.5 Å². The molecule has 0 aliphatic carbocycles. The van der Waals surface area contributed by atoms with Crippen LogP contribution >= 0.6 is 11.6 Å². The van der Waals surface area contributed by atoms with Crippen molar-refractivity contribution in [2.45, 2.75) is 38.1 Å². The van der Waals surface area contributed by atoms with Crippen molar-refractivity contribution in [3.63, 3.8) is 0 Å². The Balaban J connectivity index is 1.64. The van der Waals surface area contributed by atoms with E-state index in [2.05, 4.69) is 5.32 Å². The largest absolute Gasteiger partial charge is 0.491 e. The normalized spacial score (nSPS) is 13.3. The highest BCUT2D eigenvalue weighted by Gasteiger charge is 2.23. The van der Waals surface area contributed by atoms with E-state index in [4.69, 9.17) is 26.2 Å². The van der Waals surface area contributed by atoms with Crippen LogP contribution in [0.15, 0.2) is 72.8 Å². The third-order valence-electron chi connectivity index (χ3n) is 6.28. The van der Waals surface area contributed by atoms with Crippen LogP contribution in [0, 0.1) is 0 Å². The smallest absolute Gasteiger partial charge is 0.341 e. The van der Waals surface area contributed by atoms with E-state index in [0.29, 0.717) is 41.5 Å². The van der Waals surface area contributed by atoms with E-state index in [0.717, 1.165) is 11.1 Å². The van der Waals surface area contributed by atoms with Gasteiger partial charge in [0, 0.05) is 30.7 Å². The summed E-state index contributed by atoms with van der Waals surface area (Å²) in [6.07, 6.45) is -0.403. The lowest BCUT2D eigenvalue weighted by atomic mass is 10.0. The van der Waals surface area contributed by atoms with Crippen molar-refractivity contribution >= 4 is 24.0 Å². The van der Waals surface area contributed by atoms with Gasteiger partial charge in [0.2, 0.25) is 6.41 Å². The maximum Gasteiger partial charge on any atom is 0.341 e. The van der Waals surface area contributed by atoms with E-state index < -0.39 is 24.8 Å². The van der Waals surface area contributed by atoms with Gasteiger partial charge in [-0.3, -0.25) is 9.69 Å². The first-order chi connectivity index (χ1) is 19.2. The Kier molecular flexibility index (Phi) is 12.2. The number of carbonyl (C=O) groups is 2. The monoisotopic (exact) mass is 570 g/mol. The summed E-state index contributed by atoms with van der Waals surface area (Å²) in [7, 11) is 0. The Hall–Kier alpha value is -3.63. The third-order valence-corrected chi connectivity index (χ3v) is 6.52. The number of carboxylic acid groups (broad SMARTS) is 1. The summed E-state index contributed by atoms with van der Waals surface area (Å²) in [6.45, 7) is 2.59. The second kappa shape index (κ2) is 15.8. The molecule has 3 atom stereocenters. The van der Waals surface area contributed by atoms with Crippen LogP contribution in [0.1, 0.15) is 29.7 Å². The van der Waals surface area contributed by atoms with Gasteiger partial charge in [0.15, 0.2) is 6.61 Å². The van der Waals surface area contributed by atoms with Crippen LogP contribution < -0.4 is 14.8 Å². The number of carboxylic acids is 1. The number of carbonyl (C=O) groups excluding carboxylic acids is 1. The van der Waals surface area contributed by atoms with Crippen molar-refractivity contribution in [1.29, 1.82) is 0 Å². The molecule has 0 radical (unpaired) electrons. The molecule has 0 fully saturated rings. The standard InChI is InChI=1S/C30H35ClN2O7/c1-21(13-22-5-9-28(10-6-22)40-19-30(37)38)33(17-29(36)24-3-2-4-25(31)14-24)16-26(35)18-39-27-11-7-23(8-12-27)15-32-20-34/h2-12,14,20-21,26,29,35-36H,13,15-19H2,1H3,(H,32,34)(H,37,38). The number of benzene rings is 3. The molecule has 4 N–H and O–H groups in total. The summed E-state index contributed by atoms with van der Waals surface area (Å²) in [6, 6.07) is 21.4. The topological polar surface area (TPSA) is 129 Å². The van der Waals surface area contributed by atoms with Crippen LogP contribution in [0.25, 0.3) is 0 Å². The Bertz CT molecular complexity index is 1210.